The maximum Gasteiger partial charge on any atom is 0.250 e. The first-order chi connectivity index (χ1) is 10.2. The average Bonchev–Trinajstić information content (AvgIpc) is 2.95. The average molecular weight is 287 g/mol. The first-order valence-corrected chi connectivity index (χ1v) is 6.07. The highest BCUT2D eigenvalue weighted by molar-refractivity contribution is 5.77. The molecule has 3 rings (SSSR count). The Morgan fingerprint density at radius 2 is 1.67 bits per heavy atom. The number of methoxy groups -OCH3 is 2. The molecule has 0 aliphatic rings. The summed E-state index contributed by atoms with van der Waals surface area (Å²) in [5.41, 5.74) is 6.64. The van der Waals surface area contributed by atoms with Crippen LogP contribution in [0.5, 0.6) is 23.1 Å². The van der Waals surface area contributed by atoms with Crippen molar-refractivity contribution in [2.75, 3.05) is 20.0 Å². The van der Waals surface area contributed by atoms with E-state index < -0.39 is 0 Å². The van der Waals surface area contributed by atoms with Gasteiger partial charge in [0, 0.05) is 18.2 Å². The van der Waals surface area contributed by atoms with Crippen molar-refractivity contribution in [2.45, 2.75) is 0 Å². The number of aromatic nitrogens is 4. The Morgan fingerprint density at radius 3 is 2.33 bits per heavy atom. The van der Waals surface area contributed by atoms with Gasteiger partial charge in [0.15, 0.2) is 5.65 Å². The fraction of sp³-hybridized carbons (Fsp3) is 0.154. The molecule has 0 aliphatic carbocycles. The van der Waals surface area contributed by atoms with Gasteiger partial charge in [0.25, 0.3) is 5.88 Å². The largest absolute Gasteiger partial charge is 0.496 e. The number of hydrogen-bond acceptors (Lipinski definition) is 7. The van der Waals surface area contributed by atoms with Crippen molar-refractivity contribution < 1.29 is 14.2 Å². The van der Waals surface area contributed by atoms with Gasteiger partial charge in [-0.05, 0) is 0 Å². The highest BCUT2D eigenvalue weighted by Gasteiger charge is 2.12. The van der Waals surface area contributed by atoms with Crippen LogP contribution in [-0.2, 0) is 0 Å². The van der Waals surface area contributed by atoms with E-state index in [9.17, 15) is 0 Å². The zero-order valence-corrected chi connectivity index (χ0v) is 11.5. The molecule has 21 heavy (non-hydrogen) atoms. The molecule has 0 saturated carbocycles. The van der Waals surface area contributed by atoms with Gasteiger partial charge < -0.3 is 24.9 Å². The lowest BCUT2D eigenvalue weighted by Gasteiger charge is -2.09. The van der Waals surface area contributed by atoms with Crippen molar-refractivity contribution in [3.05, 3.63) is 24.5 Å². The van der Waals surface area contributed by atoms with Crippen LogP contribution in [0.3, 0.4) is 0 Å². The fourth-order valence-corrected chi connectivity index (χ4v) is 1.85. The molecule has 0 unspecified atom stereocenters. The summed E-state index contributed by atoms with van der Waals surface area (Å²) in [7, 11) is 3.13. The summed E-state index contributed by atoms with van der Waals surface area (Å²) in [6, 6.07) is 5.17. The summed E-state index contributed by atoms with van der Waals surface area (Å²) in [5, 5.41) is 0. The molecular weight excluding hydrogens is 274 g/mol. The Morgan fingerprint density at radius 1 is 1.00 bits per heavy atom. The lowest BCUT2D eigenvalue weighted by molar-refractivity contribution is 0.385. The van der Waals surface area contributed by atoms with Gasteiger partial charge in [0.05, 0.1) is 20.5 Å². The summed E-state index contributed by atoms with van der Waals surface area (Å²) in [6.45, 7) is 0. The van der Waals surface area contributed by atoms with E-state index in [1.54, 1.807) is 32.4 Å². The summed E-state index contributed by atoms with van der Waals surface area (Å²) in [5.74, 6) is 2.07. The molecule has 0 bridgehead atoms. The van der Waals surface area contributed by atoms with Crippen LogP contribution in [0.2, 0.25) is 0 Å². The number of rotatable bonds is 4. The molecule has 0 saturated heterocycles. The number of nitrogens with zero attached hydrogens (tertiary/aromatic N) is 3. The zero-order valence-electron chi connectivity index (χ0n) is 11.5. The van der Waals surface area contributed by atoms with Gasteiger partial charge in [-0.15, -0.1) is 0 Å². The molecule has 0 atom stereocenters. The Bertz CT molecular complexity index is 764. The van der Waals surface area contributed by atoms with Gasteiger partial charge in [-0.2, -0.15) is 9.97 Å². The Hall–Kier alpha value is -3.03. The van der Waals surface area contributed by atoms with Gasteiger partial charge in [0.2, 0.25) is 5.95 Å². The minimum absolute atomic E-state index is 0.0828. The number of fused-ring (bicyclic) bond motifs is 1. The van der Waals surface area contributed by atoms with Crippen molar-refractivity contribution in [3.8, 4) is 23.1 Å². The van der Waals surface area contributed by atoms with Crippen molar-refractivity contribution in [2.24, 2.45) is 0 Å². The van der Waals surface area contributed by atoms with Crippen molar-refractivity contribution >= 4 is 17.1 Å². The number of nitrogen functional groups attached to an aromatic ring is 1. The topological polar surface area (TPSA) is 108 Å². The zero-order chi connectivity index (χ0) is 14.8. The van der Waals surface area contributed by atoms with Crippen LogP contribution in [0.4, 0.5) is 5.95 Å². The predicted molar refractivity (Wildman–Crippen MR) is 75.7 cm³/mol. The van der Waals surface area contributed by atoms with Crippen molar-refractivity contribution in [1.29, 1.82) is 0 Å². The van der Waals surface area contributed by atoms with Gasteiger partial charge >= 0.3 is 0 Å². The summed E-state index contributed by atoms with van der Waals surface area (Å²) in [6.07, 6.45) is 1.50. The first-order valence-electron chi connectivity index (χ1n) is 6.07. The van der Waals surface area contributed by atoms with Crippen LogP contribution >= 0.6 is 0 Å². The van der Waals surface area contributed by atoms with E-state index in [-0.39, 0.29) is 11.8 Å². The number of H-pyrrole nitrogens is 1. The SMILES string of the molecule is COc1cc(OC)cc(Oc2nc(N)nc3nc[nH]c23)c1. The predicted octanol–water partition coefficient (Wildman–Crippen LogP) is 1.74. The molecule has 3 aromatic rings. The monoisotopic (exact) mass is 287 g/mol. The second-order valence-corrected chi connectivity index (χ2v) is 4.14. The third-order valence-electron chi connectivity index (χ3n) is 2.81. The number of nitrogens with two attached hydrogens (primary N) is 1. The molecule has 0 radical (unpaired) electrons. The van der Waals surface area contributed by atoms with E-state index in [0.717, 1.165) is 0 Å². The molecule has 1 aromatic carbocycles. The molecule has 8 heteroatoms. The Labute approximate surface area is 119 Å². The molecule has 0 aliphatic heterocycles. The molecule has 108 valence electrons. The van der Waals surface area contributed by atoms with E-state index in [4.69, 9.17) is 19.9 Å². The number of ether oxygens (including phenoxy) is 3. The third kappa shape index (κ3) is 2.50. The molecule has 0 amide bonds. The molecule has 0 spiro atoms. The van der Waals surface area contributed by atoms with Gasteiger partial charge in [-0.3, -0.25) is 0 Å². The number of aromatic amines is 1. The summed E-state index contributed by atoms with van der Waals surface area (Å²) >= 11 is 0. The summed E-state index contributed by atoms with van der Waals surface area (Å²) < 4.78 is 16.1. The van der Waals surface area contributed by atoms with E-state index >= 15 is 0 Å². The lowest BCUT2D eigenvalue weighted by atomic mass is 10.3. The highest BCUT2D eigenvalue weighted by Crippen LogP contribution is 2.32. The van der Waals surface area contributed by atoms with Crippen LogP contribution in [-0.4, -0.2) is 34.2 Å². The second-order valence-electron chi connectivity index (χ2n) is 4.14. The Balaban J connectivity index is 2.03. The summed E-state index contributed by atoms with van der Waals surface area (Å²) in [4.78, 5) is 15.0. The maximum absolute atomic E-state index is 5.75. The number of benzene rings is 1. The third-order valence-corrected chi connectivity index (χ3v) is 2.81. The molecule has 8 nitrogen and oxygen atoms in total. The van der Waals surface area contributed by atoms with Crippen molar-refractivity contribution in [3.63, 3.8) is 0 Å². The van der Waals surface area contributed by atoms with E-state index in [2.05, 4.69) is 19.9 Å². The molecule has 0 fully saturated rings. The van der Waals surface area contributed by atoms with E-state index in [0.29, 0.717) is 28.4 Å². The van der Waals surface area contributed by atoms with Crippen LogP contribution < -0.4 is 19.9 Å². The van der Waals surface area contributed by atoms with Crippen LogP contribution in [0.15, 0.2) is 24.5 Å². The van der Waals surface area contributed by atoms with Gasteiger partial charge in [-0.1, -0.05) is 0 Å². The normalized spacial score (nSPS) is 10.6. The van der Waals surface area contributed by atoms with E-state index in [1.165, 1.54) is 6.33 Å². The molecular formula is C13H13N5O3. The highest BCUT2D eigenvalue weighted by atomic mass is 16.5. The number of anilines is 1. The minimum Gasteiger partial charge on any atom is -0.496 e. The lowest BCUT2D eigenvalue weighted by Crippen LogP contribution is -1.99. The van der Waals surface area contributed by atoms with E-state index in [1.807, 2.05) is 0 Å². The maximum atomic E-state index is 5.75. The molecule has 2 aromatic heterocycles. The number of imidazole rings is 1. The van der Waals surface area contributed by atoms with Crippen LogP contribution in [0.1, 0.15) is 0 Å². The smallest absolute Gasteiger partial charge is 0.250 e. The molecule has 3 N–H and O–H groups in total. The number of nitrogens with one attached hydrogen (secondary N) is 1. The van der Waals surface area contributed by atoms with Crippen molar-refractivity contribution in [1.82, 2.24) is 19.9 Å². The number of hydrogen-bond donors (Lipinski definition) is 2. The first kappa shape index (κ1) is 13.0. The Kier molecular flexibility index (Phi) is 3.19. The van der Waals surface area contributed by atoms with Crippen LogP contribution in [0.25, 0.3) is 11.2 Å². The van der Waals surface area contributed by atoms with Crippen LogP contribution in [0, 0.1) is 0 Å². The fourth-order valence-electron chi connectivity index (χ4n) is 1.85. The quantitative estimate of drug-likeness (QED) is 0.752. The minimum atomic E-state index is 0.0828. The second kappa shape index (κ2) is 5.16. The van der Waals surface area contributed by atoms with Gasteiger partial charge in [-0.25, -0.2) is 4.98 Å². The van der Waals surface area contributed by atoms with Gasteiger partial charge in [0.1, 0.15) is 22.8 Å². The standard InChI is InChI=1S/C13H13N5O3/c1-19-7-3-8(20-2)5-9(4-7)21-12-10-11(16-6-15-10)17-13(14)18-12/h3-6H,1-2H3,(H3,14,15,16,17,18). The molecule has 2 heterocycles.